The molecule has 0 aliphatic carbocycles. The average molecular weight is 387 g/mol. The molecule has 2 aliphatic rings. The number of likely N-dealkylation sites (tertiary alicyclic amines) is 1. The number of aryl methyl sites for hydroxylation is 2. The van der Waals surface area contributed by atoms with Crippen LogP contribution in [0.15, 0.2) is 48.5 Å². The topological polar surface area (TPSA) is 43.8 Å². The number of hydrogen-bond donors (Lipinski definition) is 1. The predicted molar refractivity (Wildman–Crippen MR) is 111 cm³/mol. The third-order valence-electron chi connectivity index (χ3n) is 5.68. The highest BCUT2D eigenvalue weighted by atomic mass is 35.5. The molecular weight excluding hydrogens is 360 g/mol. The zero-order valence-corrected chi connectivity index (χ0v) is 16.3. The Morgan fingerprint density at radius 2 is 1.59 bits per heavy atom. The van der Waals surface area contributed by atoms with Crippen molar-refractivity contribution in [3.05, 3.63) is 59.7 Å². The van der Waals surface area contributed by atoms with E-state index in [-0.39, 0.29) is 18.8 Å². The van der Waals surface area contributed by atoms with Gasteiger partial charge in [0.2, 0.25) is 0 Å². The first-order valence-corrected chi connectivity index (χ1v) is 9.58. The molecule has 2 aromatic rings. The molecule has 0 radical (unpaired) electrons. The summed E-state index contributed by atoms with van der Waals surface area (Å²) in [6.45, 7) is 3.67. The van der Waals surface area contributed by atoms with Crippen LogP contribution in [0.5, 0.6) is 0 Å². The number of anilines is 2. The number of carbonyl (C=O) groups is 1. The second-order valence-corrected chi connectivity index (χ2v) is 7.47. The Kier molecular flexibility index (Phi) is 6.40. The van der Waals surface area contributed by atoms with Gasteiger partial charge < -0.3 is 14.9 Å². The van der Waals surface area contributed by atoms with E-state index in [1.807, 2.05) is 0 Å². The van der Waals surface area contributed by atoms with Gasteiger partial charge in [-0.1, -0.05) is 36.4 Å². The van der Waals surface area contributed by atoms with Crippen LogP contribution in [-0.2, 0) is 17.6 Å². The van der Waals surface area contributed by atoms with Crippen LogP contribution in [0.2, 0.25) is 0 Å². The fourth-order valence-electron chi connectivity index (χ4n) is 4.34. The first kappa shape index (κ1) is 19.7. The number of carboxylic acid groups (broad SMARTS) is 1. The summed E-state index contributed by atoms with van der Waals surface area (Å²) in [5.41, 5.74) is 5.51. The molecule has 27 heavy (non-hydrogen) atoms. The van der Waals surface area contributed by atoms with E-state index in [4.69, 9.17) is 5.11 Å². The molecule has 0 bridgehead atoms. The van der Waals surface area contributed by atoms with Crippen molar-refractivity contribution in [2.75, 3.05) is 31.1 Å². The van der Waals surface area contributed by atoms with Crippen LogP contribution < -0.4 is 4.90 Å². The van der Waals surface area contributed by atoms with Crippen LogP contribution in [0.25, 0.3) is 0 Å². The third-order valence-corrected chi connectivity index (χ3v) is 5.68. The lowest BCUT2D eigenvalue weighted by Gasteiger charge is -2.29. The van der Waals surface area contributed by atoms with Gasteiger partial charge in [-0.25, -0.2) is 0 Å². The molecule has 0 amide bonds. The molecule has 144 valence electrons. The van der Waals surface area contributed by atoms with Crippen molar-refractivity contribution in [1.29, 1.82) is 0 Å². The second kappa shape index (κ2) is 8.77. The van der Waals surface area contributed by atoms with E-state index in [9.17, 15) is 4.79 Å². The zero-order valence-electron chi connectivity index (χ0n) is 15.5. The number of rotatable bonds is 5. The molecule has 2 heterocycles. The summed E-state index contributed by atoms with van der Waals surface area (Å²) in [7, 11) is 0. The lowest BCUT2D eigenvalue weighted by molar-refractivity contribution is -0.137. The Labute approximate surface area is 167 Å². The third kappa shape index (κ3) is 4.45. The van der Waals surface area contributed by atoms with E-state index in [2.05, 4.69) is 58.3 Å². The van der Waals surface area contributed by atoms with E-state index >= 15 is 0 Å². The molecule has 2 aromatic carbocycles. The van der Waals surface area contributed by atoms with E-state index in [1.54, 1.807) is 0 Å². The van der Waals surface area contributed by atoms with Crippen LogP contribution in [0.1, 0.15) is 24.0 Å². The highest BCUT2D eigenvalue weighted by molar-refractivity contribution is 5.85. The Hall–Kier alpha value is -2.04. The summed E-state index contributed by atoms with van der Waals surface area (Å²) in [5.74, 6) is -0.133. The summed E-state index contributed by atoms with van der Waals surface area (Å²) in [6, 6.07) is 17.5. The Morgan fingerprint density at radius 3 is 2.19 bits per heavy atom. The van der Waals surface area contributed by atoms with Gasteiger partial charge in [-0.15, -0.1) is 12.4 Å². The van der Waals surface area contributed by atoms with Crippen LogP contribution in [0, 0.1) is 5.92 Å². The average Bonchev–Trinajstić information content (AvgIpc) is 3.04. The normalized spacial score (nSPS) is 19.0. The van der Waals surface area contributed by atoms with Crippen molar-refractivity contribution in [2.24, 2.45) is 5.92 Å². The van der Waals surface area contributed by atoms with E-state index in [1.165, 1.54) is 22.5 Å². The number of para-hydroxylation sites is 2. The number of carboxylic acids is 1. The van der Waals surface area contributed by atoms with Gasteiger partial charge in [-0.3, -0.25) is 4.79 Å². The minimum absolute atomic E-state index is 0. The van der Waals surface area contributed by atoms with Gasteiger partial charge in [-0.2, -0.15) is 0 Å². The molecule has 1 unspecified atom stereocenters. The lowest BCUT2D eigenvalue weighted by Crippen LogP contribution is -2.29. The maximum Gasteiger partial charge on any atom is 0.304 e. The predicted octanol–water partition coefficient (Wildman–Crippen LogP) is 4.14. The minimum atomic E-state index is -0.705. The SMILES string of the molecule is Cl.O=C(O)CCN1CCC(CN2c3ccccc3CCc3ccccc32)C1. The number of nitrogens with zero attached hydrogens (tertiary/aromatic N) is 2. The molecule has 0 spiro atoms. The van der Waals surface area contributed by atoms with Gasteiger partial charge in [0.05, 0.1) is 6.42 Å². The molecule has 1 atom stereocenters. The Balaban J connectivity index is 0.00000210. The first-order chi connectivity index (χ1) is 12.7. The fraction of sp³-hybridized carbons (Fsp3) is 0.409. The number of fused-ring (bicyclic) bond motifs is 2. The molecule has 0 aromatic heterocycles. The molecule has 4 rings (SSSR count). The molecule has 1 fully saturated rings. The Morgan fingerprint density at radius 1 is 1.00 bits per heavy atom. The van der Waals surface area contributed by atoms with Crippen molar-refractivity contribution in [3.8, 4) is 0 Å². The van der Waals surface area contributed by atoms with Crippen LogP contribution in [0.4, 0.5) is 11.4 Å². The molecule has 5 heteroatoms. The highest BCUT2D eigenvalue weighted by Gasteiger charge is 2.28. The monoisotopic (exact) mass is 386 g/mol. The maximum absolute atomic E-state index is 10.8. The van der Waals surface area contributed by atoms with E-state index in [0.29, 0.717) is 12.5 Å². The zero-order chi connectivity index (χ0) is 17.9. The molecular formula is C22H27ClN2O2. The highest BCUT2D eigenvalue weighted by Crippen LogP contribution is 2.37. The second-order valence-electron chi connectivity index (χ2n) is 7.47. The summed E-state index contributed by atoms with van der Waals surface area (Å²) >= 11 is 0. The summed E-state index contributed by atoms with van der Waals surface area (Å²) in [4.78, 5) is 15.6. The van der Waals surface area contributed by atoms with Crippen molar-refractivity contribution in [1.82, 2.24) is 4.90 Å². The molecule has 0 saturated carbocycles. The summed E-state index contributed by atoms with van der Waals surface area (Å²) in [5, 5.41) is 8.92. The Bertz CT molecular complexity index is 748. The smallest absolute Gasteiger partial charge is 0.304 e. The number of aliphatic carboxylic acids is 1. The molecule has 4 nitrogen and oxygen atoms in total. The van der Waals surface area contributed by atoms with E-state index in [0.717, 1.165) is 38.9 Å². The van der Waals surface area contributed by atoms with E-state index < -0.39 is 5.97 Å². The maximum atomic E-state index is 10.8. The quantitative estimate of drug-likeness (QED) is 0.838. The van der Waals surface area contributed by atoms with Gasteiger partial charge in [-0.05, 0) is 55.0 Å². The number of hydrogen-bond acceptors (Lipinski definition) is 3. The summed E-state index contributed by atoms with van der Waals surface area (Å²) in [6.07, 6.45) is 3.54. The molecule has 1 saturated heterocycles. The van der Waals surface area contributed by atoms with Crippen LogP contribution in [0.3, 0.4) is 0 Å². The number of halogens is 1. The number of benzene rings is 2. The van der Waals surface area contributed by atoms with Gasteiger partial charge in [0.1, 0.15) is 0 Å². The van der Waals surface area contributed by atoms with Crippen molar-refractivity contribution in [3.63, 3.8) is 0 Å². The van der Waals surface area contributed by atoms with Gasteiger partial charge in [0, 0.05) is 31.0 Å². The largest absolute Gasteiger partial charge is 0.481 e. The van der Waals surface area contributed by atoms with Crippen LogP contribution >= 0.6 is 12.4 Å². The van der Waals surface area contributed by atoms with Crippen LogP contribution in [-0.4, -0.2) is 42.2 Å². The van der Waals surface area contributed by atoms with Gasteiger partial charge in [0.15, 0.2) is 0 Å². The van der Waals surface area contributed by atoms with Gasteiger partial charge >= 0.3 is 5.97 Å². The summed E-state index contributed by atoms with van der Waals surface area (Å²) < 4.78 is 0. The van der Waals surface area contributed by atoms with Crippen molar-refractivity contribution >= 4 is 29.8 Å². The molecule has 1 N–H and O–H groups in total. The standard InChI is InChI=1S/C22H26N2O2.ClH/c25-22(26)12-14-23-13-11-17(15-23)16-24-20-7-3-1-5-18(20)9-10-19-6-2-4-8-21(19)24;/h1-8,17H,9-16H2,(H,25,26);1H. The fourth-order valence-corrected chi connectivity index (χ4v) is 4.34. The first-order valence-electron chi connectivity index (χ1n) is 9.58. The van der Waals surface area contributed by atoms with Crippen molar-refractivity contribution in [2.45, 2.75) is 25.7 Å². The van der Waals surface area contributed by atoms with Crippen molar-refractivity contribution < 1.29 is 9.90 Å². The minimum Gasteiger partial charge on any atom is -0.481 e. The molecule has 2 aliphatic heterocycles. The lowest BCUT2D eigenvalue weighted by atomic mass is 10.0. The van der Waals surface area contributed by atoms with Gasteiger partial charge in [0.25, 0.3) is 0 Å².